The Kier molecular flexibility index (Phi) is 5.30. The van der Waals surface area contributed by atoms with Crippen LogP contribution in [-0.2, 0) is 6.61 Å². The summed E-state index contributed by atoms with van der Waals surface area (Å²) in [5.41, 5.74) is 3.60. The molecule has 0 saturated heterocycles. The molecule has 0 bridgehead atoms. The van der Waals surface area contributed by atoms with E-state index in [9.17, 15) is 14.3 Å². The van der Waals surface area contributed by atoms with Gasteiger partial charge < -0.3 is 9.84 Å². The first-order valence-electron chi connectivity index (χ1n) is 10.5. The summed E-state index contributed by atoms with van der Waals surface area (Å²) in [4.78, 5) is 18.1. The maximum atomic E-state index is 14.1. The zero-order chi connectivity index (χ0) is 23.1. The predicted molar refractivity (Wildman–Crippen MR) is 130 cm³/mol. The SMILES string of the molecule is Cc1c(-c2cc(C(=O)O)c3c(OCc4ccccc4F)ccc(C)c3n2)sc2ccccc12. The Morgan fingerprint density at radius 2 is 1.82 bits per heavy atom. The monoisotopic (exact) mass is 457 g/mol. The van der Waals surface area contributed by atoms with Gasteiger partial charge in [-0.25, -0.2) is 14.2 Å². The maximum Gasteiger partial charge on any atom is 0.336 e. The van der Waals surface area contributed by atoms with E-state index in [-0.39, 0.29) is 18.0 Å². The second kappa shape index (κ2) is 8.30. The molecule has 0 radical (unpaired) electrons. The number of fused-ring (bicyclic) bond motifs is 2. The number of carboxylic acid groups (broad SMARTS) is 1. The molecule has 0 unspecified atom stereocenters. The number of thiophene rings is 1. The highest BCUT2D eigenvalue weighted by Crippen LogP contribution is 2.40. The minimum Gasteiger partial charge on any atom is -0.488 e. The molecule has 2 aromatic heterocycles. The van der Waals surface area contributed by atoms with Crippen LogP contribution in [0.2, 0.25) is 0 Å². The molecule has 33 heavy (non-hydrogen) atoms. The molecule has 0 aliphatic rings. The Labute approximate surface area is 193 Å². The second-order valence-corrected chi connectivity index (χ2v) is 8.95. The van der Waals surface area contributed by atoms with Crippen molar-refractivity contribution in [1.29, 1.82) is 0 Å². The number of benzene rings is 3. The number of carbonyl (C=O) groups is 1. The van der Waals surface area contributed by atoms with E-state index in [2.05, 4.69) is 12.1 Å². The van der Waals surface area contributed by atoms with Crippen LogP contribution in [-0.4, -0.2) is 16.1 Å². The first kappa shape index (κ1) is 21.1. The minimum atomic E-state index is -1.07. The summed E-state index contributed by atoms with van der Waals surface area (Å²) < 4.78 is 21.1. The highest BCUT2D eigenvalue weighted by atomic mass is 32.1. The first-order chi connectivity index (χ1) is 15.9. The molecule has 4 nitrogen and oxygen atoms in total. The summed E-state index contributed by atoms with van der Waals surface area (Å²) >= 11 is 1.60. The number of pyridine rings is 1. The van der Waals surface area contributed by atoms with Crippen molar-refractivity contribution >= 4 is 38.3 Å². The molecule has 0 saturated carbocycles. The molecule has 5 rings (SSSR count). The van der Waals surface area contributed by atoms with Crippen molar-refractivity contribution in [1.82, 2.24) is 4.98 Å². The average Bonchev–Trinajstić information content (AvgIpc) is 3.15. The first-order valence-corrected chi connectivity index (χ1v) is 11.3. The largest absolute Gasteiger partial charge is 0.488 e. The van der Waals surface area contributed by atoms with Gasteiger partial charge in [-0.1, -0.05) is 42.5 Å². The van der Waals surface area contributed by atoms with Crippen molar-refractivity contribution < 1.29 is 19.0 Å². The summed E-state index contributed by atoms with van der Waals surface area (Å²) in [5, 5.41) is 11.6. The Morgan fingerprint density at radius 3 is 2.58 bits per heavy atom. The number of aromatic nitrogens is 1. The van der Waals surface area contributed by atoms with E-state index in [1.165, 1.54) is 6.07 Å². The van der Waals surface area contributed by atoms with E-state index in [1.54, 1.807) is 41.7 Å². The number of carboxylic acids is 1. The van der Waals surface area contributed by atoms with Crippen molar-refractivity contribution in [3.05, 3.63) is 94.8 Å². The summed E-state index contributed by atoms with van der Waals surface area (Å²) in [7, 11) is 0. The maximum absolute atomic E-state index is 14.1. The van der Waals surface area contributed by atoms with Crippen molar-refractivity contribution in [2.75, 3.05) is 0 Å². The van der Waals surface area contributed by atoms with Gasteiger partial charge in [-0.3, -0.25) is 0 Å². The molecule has 0 spiro atoms. The fraction of sp³-hybridized carbons (Fsp3) is 0.111. The van der Waals surface area contributed by atoms with E-state index >= 15 is 0 Å². The lowest BCUT2D eigenvalue weighted by molar-refractivity contribution is 0.0698. The van der Waals surface area contributed by atoms with Crippen LogP contribution in [0.5, 0.6) is 5.75 Å². The highest BCUT2D eigenvalue weighted by molar-refractivity contribution is 7.22. The average molecular weight is 458 g/mol. The van der Waals surface area contributed by atoms with Gasteiger partial charge in [0.2, 0.25) is 0 Å². The van der Waals surface area contributed by atoms with Crippen molar-refractivity contribution in [2.45, 2.75) is 20.5 Å². The standard InChI is InChI=1S/C27H20FNO3S/c1-15-11-12-22(32-14-17-7-3-5-9-20(17)28)24-19(27(30)31)13-21(29-25(15)24)26-16(2)18-8-4-6-10-23(18)33-26/h3-13H,14H2,1-2H3,(H,30,31). The van der Waals surface area contributed by atoms with E-state index in [0.29, 0.717) is 27.9 Å². The minimum absolute atomic E-state index is 0.0128. The Bertz CT molecular complexity index is 1540. The van der Waals surface area contributed by atoms with Crippen LogP contribution in [0.25, 0.3) is 31.6 Å². The molecule has 6 heteroatoms. The van der Waals surface area contributed by atoms with Gasteiger partial charge in [0.1, 0.15) is 18.2 Å². The number of hydrogen-bond acceptors (Lipinski definition) is 4. The van der Waals surface area contributed by atoms with Gasteiger partial charge in [0.25, 0.3) is 0 Å². The molecular weight excluding hydrogens is 437 g/mol. The highest BCUT2D eigenvalue weighted by Gasteiger charge is 2.21. The quantitative estimate of drug-likeness (QED) is 0.304. The van der Waals surface area contributed by atoms with Crippen LogP contribution < -0.4 is 4.74 Å². The van der Waals surface area contributed by atoms with Crippen LogP contribution in [0, 0.1) is 19.7 Å². The molecule has 0 atom stereocenters. The predicted octanol–water partition coefficient (Wildman–Crippen LogP) is 7.15. The third-order valence-corrected chi connectivity index (χ3v) is 7.07. The molecule has 0 aliphatic carbocycles. The third-order valence-electron chi connectivity index (χ3n) is 5.77. The molecule has 2 heterocycles. The van der Waals surface area contributed by atoms with Gasteiger partial charge in [0, 0.05) is 10.3 Å². The summed E-state index contributed by atoms with van der Waals surface area (Å²) in [6, 6.07) is 19.6. The number of rotatable bonds is 5. The molecule has 0 amide bonds. The summed E-state index contributed by atoms with van der Waals surface area (Å²) in [6.07, 6.45) is 0. The molecular formula is C27H20FNO3S. The van der Waals surface area contributed by atoms with E-state index in [0.717, 1.165) is 26.1 Å². The van der Waals surface area contributed by atoms with E-state index < -0.39 is 5.97 Å². The lowest BCUT2D eigenvalue weighted by Gasteiger charge is -2.14. The van der Waals surface area contributed by atoms with Gasteiger partial charge >= 0.3 is 5.97 Å². The second-order valence-electron chi connectivity index (χ2n) is 7.90. The number of hydrogen-bond donors (Lipinski definition) is 1. The summed E-state index contributed by atoms with van der Waals surface area (Å²) in [6.45, 7) is 3.91. The Hall–Kier alpha value is -3.77. The third kappa shape index (κ3) is 3.72. The van der Waals surface area contributed by atoms with Crippen molar-refractivity contribution in [2.24, 2.45) is 0 Å². The van der Waals surface area contributed by atoms with Crippen LogP contribution in [0.4, 0.5) is 4.39 Å². The van der Waals surface area contributed by atoms with E-state index in [4.69, 9.17) is 9.72 Å². The van der Waals surface area contributed by atoms with Crippen LogP contribution >= 0.6 is 11.3 Å². The van der Waals surface area contributed by atoms with Crippen LogP contribution in [0.1, 0.15) is 27.0 Å². The molecule has 0 aliphatic heterocycles. The smallest absolute Gasteiger partial charge is 0.336 e. The molecule has 164 valence electrons. The lowest BCUT2D eigenvalue weighted by Crippen LogP contribution is -2.05. The van der Waals surface area contributed by atoms with Gasteiger partial charge in [-0.05, 0) is 54.6 Å². The Morgan fingerprint density at radius 1 is 1.06 bits per heavy atom. The fourth-order valence-corrected chi connectivity index (χ4v) is 5.21. The van der Waals surface area contributed by atoms with Crippen LogP contribution in [0.15, 0.2) is 66.7 Å². The Balaban J connectivity index is 1.68. The number of aromatic carboxylic acids is 1. The summed E-state index contributed by atoms with van der Waals surface area (Å²) in [5.74, 6) is -1.07. The molecule has 1 N–H and O–H groups in total. The molecule has 3 aromatic carbocycles. The van der Waals surface area contributed by atoms with Crippen molar-refractivity contribution in [3.63, 3.8) is 0 Å². The zero-order valence-electron chi connectivity index (χ0n) is 18.1. The van der Waals surface area contributed by atoms with Gasteiger partial charge in [0.15, 0.2) is 0 Å². The van der Waals surface area contributed by atoms with Gasteiger partial charge in [-0.15, -0.1) is 11.3 Å². The number of ether oxygens (including phenoxy) is 1. The van der Waals surface area contributed by atoms with Gasteiger partial charge in [-0.2, -0.15) is 0 Å². The normalized spacial score (nSPS) is 11.2. The van der Waals surface area contributed by atoms with E-state index in [1.807, 2.05) is 32.0 Å². The number of nitrogens with zero attached hydrogens (tertiary/aromatic N) is 1. The molecule has 5 aromatic rings. The lowest BCUT2D eigenvalue weighted by atomic mass is 10.0. The number of aryl methyl sites for hydroxylation is 2. The fourth-order valence-electron chi connectivity index (χ4n) is 4.04. The van der Waals surface area contributed by atoms with Crippen LogP contribution in [0.3, 0.4) is 0 Å². The van der Waals surface area contributed by atoms with Gasteiger partial charge in [0.05, 0.1) is 27.0 Å². The van der Waals surface area contributed by atoms with Crippen molar-refractivity contribution in [3.8, 4) is 16.3 Å². The molecule has 0 fully saturated rings. The zero-order valence-corrected chi connectivity index (χ0v) is 18.9. The number of halogens is 1. The topological polar surface area (TPSA) is 59.4 Å².